The fourth-order valence-corrected chi connectivity index (χ4v) is 1.68. The molecular weight excluding hydrogens is 226 g/mol. The van der Waals surface area contributed by atoms with Gasteiger partial charge in [-0.3, -0.25) is 4.68 Å². The standard InChI is InChI=1S/C14H19N3O/c1-11(2)17-10-14(9-16-17)18-13-5-3-12(4-6-13)7-8-15/h3-6,9-11H,7-8,15H2,1-2H3. The van der Waals surface area contributed by atoms with Gasteiger partial charge in [0, 0.05) is 6.04 Å². The van der Waals surface area contributed by atoms with Crippen LogP contribution in [0.1, 0.15) is 25.5 Å². The highest BCUT2D eigenvalue weighted by molar-refractivity contribution is 5.31. The van der Waals surface area contributed by atoms with Crippen LogP contribution < -0.4 is 10.5 Å². The molecule has 4 nitrogen and oxygen atoms in total. The van der Waals surface area contributed by atoms with Gasteiger partial charge >= 0.3 is 0 Å². The molecule has 96 valence electrons. The molecule has 0 saturated carbocycles. The smallest absolute Gasteiger partial charge is 0.165 e. The molecule has 4 heteroatoms. The van der Waals surface area contributed by atoms with Crippen molar-refractivity contribution in [1.29, 1.82) is 0 Å². The summed E-state index contributed by atoms with van der Waals surface area (Å²) in [6, 6.07) is 8.33. The lowest BCUT2D eigenvalue weighted by atomic mass is 10.1. The Hall–Kier alpha value is -1.81. The number of nitrogens with two attached hydrogens (primary N) is 1. The Morgan fingerprint density at radius 1 is 1.22 bits per heavy atom. The molecule has 2 aromatic rings. The zero-order valence-electron chi connectivity index (χ0n) is 10.8. The van der Waals surface area contributed by atoms with E-state index in [4.69, 9.17) is 10.5 Å². The van der Waals surface area contributed by atoms with Crippen LogP contribution >= 0.6 is 0 Å². The molecule has 2 rings (SSSR count). The Labute approximate surface area is 107 Å². The van der Waals surface area contributed by atoms with Crippen molar-refractivity contribution in [1.82, 2.24) is 9.78 Å². The van der Waals surface area contributed by atoms with Gasteiger partial charge in [-0.2, -0.15) is 5.10 Å². The minimum absolute atomic E-state index is 0.342. The number of nitrogens with zero attached hydrogens (tertiary/aromatic N) is 2. The van der Waals surface area contributed by atoms with Gasteiger partial charge in [-0.25, -0.2) is 0 Å². The first-order valence-corrected chi connectivity index (χ1v) is 6.20. The van der Waals surface area contributed by atoms with Crippen LogP contribution in [0.3, 0.4) is 0 Å². The van der Waals surface area contributed by atoms with Crippen molar-refractivity contribution in [3.05, 3.63) is 42.2 Å². The molecule has 1 aromatic carbocycles. The third-order valence-electron chi connectivity index (χ3n) is 2.70. The normalized spacial score (nSPS) is 10.9. The Morgan fingerprint density at radius 2 is 1.94 bits per heavy atom. The van der Waals surface area contributed by atoms with Crippen LogP contribution in [0.25, 0.3) is 0 Å². The molecule has 0 saturated heterocycles. The largest absolute Gasteiger partial charge is 0.454 e. The lowest BCUT2D eigenvalue weighted by molar-refractivity contribution is 0.477. The van der Waals surface area contributed by atoms with Crippen molar-refractivity contribution in [2.45, 2.75) is 26.3 Å². The summed E-state index contributed by atoms with van der Waals surface area (Å²) in [5.74, 6) is 1.58. The van der Waals surface area contributed by atoms with Crippen molar-refractivity contribution in [3.8, 4) is 11.5 Å². The van der Waals surface area contributed by atoms with E-state index in [9.17, 15) is 0 Å². The lowest BCUT2D eigenvalue weighted by Crippen LogP contribution is -2.02. The molecule has 1 aromatic heterocycles. The zero-order valence-corrected chi connectivity index (χ0v) is 10.8. The van der Waals surface area contributed by atoms with E-state index >= 15 is 0 Å². The summed E-state index contributed by atoms with van der Waals surface area (Å²) in [5, 5.41) is 4.23. The second-order valence-electron chi connectivity index (χ2n) is 4.53. The van der Waals surface area contributed by atoms with E-state index in [1.807, 2.05) is 35.1 Å². The van der Waals surface area contributed by atoms with Gasteiger partial charge in [0.15, 0.2) is 5.75 Å². The lowest BCUT2D eigenvalue weighted by Gasteiger charge is -2.05. The van der Waals surface area contributed by atoms with E-state index in [2.05, 4.69) is 18.9 Å². The molecule has 0 bridgehead atoms. The maximum atomic E-state index is 5.73. The molecule has 2 N–H and O–H groups in total. The highest BCUT2D eigenvalue weighted by Gasteiger charge is 2.03. The molecule has 0 aliphatic rings. The molecule has 18 heavy (non-hydrogen) atoms. The van der Waals surface area contributed by atoms with Crippen LogP contribution in [0, 0.1) is 0 Å². The Kier molecular flexibility index (Phi) is 3.99. The van der Waals surface area contributed by atoms with Crippen LogP contribution in [0.15, 0.2) is 36.7 Å². The number of ether oxygens (including phenoxy) is 1. The summed E-state index contributed by atoms with van der Waals surface area (Å²) in [4.78, 5) is 0. The second-order valence-corrected chi connectivity index (χ2v) is 4.53. The van der Waals surface area contributed by atoms with E-state index in [0.717, 1.165) is 17.9 Å². The van der Waals surface area contributed by atoms with Crippen LogP contribution in [-0.2, 0) is 6.42 Å². The Morgan fingerprint density at radius 3 is 2.50 bits per heavy atom. The monoisotopic (exact) mass is 245 g/mol. The number of hydrogen-bond donors (Lipinski definition) is 1. The van der Waals surface area contributed by atoms with E-state index in [-0.39, 0.29) is 0 Å². The molecule has 0 aliphatic carbocycles. The fourth-order valence-electron chi connectivity index (χ4n) is 1.68. The third-order valence-corrected chi connectivity index (χ3v) is 2.70. The van der Waals surface area contributed by atoms with Crippen LogP contribution in [-0.4, -0.2) is 16.3 Å². The van der Waals surface area contributed by atoms with Crippen LogP contribution in [0.4, 0.5) is 0 Å². The zero-order chi connectivity index (χ0) is 13.0. The molecule has 0 aliphatic heterocycles. The SMILES string of the molecule is CC(C)n1cc(Oc2ccc(CCN)cc2)cn1. The van der Waals surface area contributed by atoms with Gasteiger partial charge in [-0.15, -0.1) is 0 Å². The number of aromatic nitrogens is 2. The van der Waals surface area contributed by atoms with Crippen molar-refractivity contribution >= 4 is 0 Å². The van der Waals surface area contributed by atoms with Gasteiger partial charge in [0.1, 0.15) is 5.75 Å². The van der Waals surface area contributed by atoms with Crippen LogP contribution in [0.2, 0.25) is 0 Å². The van der Waals surface area contributed by atoms with Gasteiger partial charge in [0.25, 0.3) is 0 Å². The second kappa shape index (κ2) is 5.69. The summed E-state index contributed by atoms with van der Waals surface area (Å²) in [6.07, 6.45) is 4.53. The first-order valence-electron chi connectivity index (χ1n) is 6.20. The quantitative estimate of drug-likeness (QED) is 0.881. The van der Waals surface area contributed by atoms with Crippen molar-refractivity contribution in [2.24, 2.45) is 5.73 Å². The molecule has 0 radical (unpaired) electrons. The maximum absolute atomic E-state index is 5.73. The summed E-state index contributed by atoms with van der Waals surface area (Å²) in [7, 11) is 0. The molecule has 1 heterocycles. The van der Waals surface area contributed by atoms with Crippen molar-refractivity contribution in [2.75, 3.05) is 6.54 Å². The molecule has 0 amide bonds. The topological polar surface area (TPSA) is 53.1 Å². The molecule has 0 unspecified atom stereocenters. The summed E-state index contributed by atoms with van der Waals surface area (Å²) < 4.78 is 7.60. The highest BCUT2D eigenvalue weighted by Crippen LogP contribution is 2.22. The Balaban J connectivity index is 2.03. The summed E-state index contributed by atoms with van der Waals surface area (Å²) in [5.41, 5.74) is 6.74. The minimum Gasteiger partial charge on any atom is -0.454 e. The van der Waals surface area contributed by atoms with Gasteiger partial charge in [0.2, 0.25) is 0 Å². The molecule has 0 fully saturated rings. The predicted octanol–water partition coefficient (Wildman–Crippen LogP) is 2.76. The minimum atomic E-state index is 0.342. The van der Waals surface area contributed by atoms with E-state index in [1.54, 1.807) is 6.20 Å². The van der Waals surface area contributed by atoms with Gasteiger partial charge < -0.3 is 10.5 Å². The van der Waals surface area contributed by atoms with Gasteiger partial charge in [-0.05, 0) is 44.5 Å². The van der Waals surface area contributed by atoms with Crippen molar-refractivity contribution < 1.29 is 4.74 Å². The van der Waals surface area contributed by atoms with E-state index in [0.29, 0.717) is 12.6 Å². The number of rotatable bonds is 5. The Bertz CT molecular complexity index is 488. The van der Waals surface area contributed by atoms with Crippen LogP contribution in [0.5, 0.6) is 11.5 Å². The molecule has 0 spiro atoms. The first-order chi connectivity index (χ1) is 8.69. The third kappa shape index (κ3) is 3.11. The van der Waals surface area contributed by atoms with Gasteiger partial charge in [-0.1, -0.05) is 12.1 Å². The maximum Gasteiger partial charge on any atom is 0.165 e. The number of hydrogen-bond acceptors (Lipinski definition) is 3. The fraction of sp³-hybridized carbons (Fsp3) is 0.357. The average molecular weight is 245 g/mol. The molecule has 0 atom stereocenters. The first kappa shape index (κ1) is 12.6. The van der Waals surface area contributed by atoms with E-state index < -0.39 is 0 Å². The predicted molar refractivity (Wildman–Crippen MR) is 71.9 cm³/mol. The highest BCUT2D eigenvalue weighted by atomic mass is 16.5. The van der Waals surface area contributed by atoms with Gasteiger partial charge in [0.05, 0.1) is 12.4 Å². The summed E-state index contributed by atoms with van der Waals surface area (Å²) >= 11 is 0. The number of benzene rings is 1. The van der Waals surface area contributed by atoms with Crippen molar-refractivity contribution in [3.63, 3.8) is 0 Å². The summed E-state index contributed by atoms with van der Waals surface area (Å²) in [6.45, 7) is 4.83. The van der Waals surface area contributed by atoms with E-state index in [1.165, 1.54) is 5.56 Å². The molecular formula is C14H19N3O. The average Bonchev–Trinajstić information content (AvgIpc) is 2.81.